The molecule has 12 heavy (non-hydrogen) atoms. The number of hydrogen-bond acceptors (Lipinski definition) is 4. The molecule has 0 radical (unpaired) electrons. The molecule has 0 aliphatic rings. The molecule has 0 amide bonds. The molecule has 0 spiro atoms. The summed E-state index contributed by atoms with van der Waals surface area (Å²) in [6.07, 6.45) is 0. The van der Waals surface area contributed by atoms with Crippen LogP contribution >= 0.6 is 0 Å². The Hall–Kier alpha value is -1.62. The summed E-state index contributed by atoms with van der Waals surface area (Å²) in [6, 6.07) is 8.43. The maximum atomic E-state index is 10.3. The van der Waals surface area contributed by atoms with Crippen LogP contribution in [0.2, 0.25) is 0 Å². The van der Waals surface area contributed by atoms with E-state index in [4.69, 9.17) is 0 Å². The normalized spacial score (nSPS) is 10.8. The van der Waals surface area contributed by atoms with Crippen LogP contribution in [0.3, 0.4) is 0 Å². The van der Waals surface area contributed by atoms with Gasteiger partial charge in [-0.25, -0.2) is 0 Å². The van der Waals surface area contributed by atoms with Crippen molar-refractivity contribution in [2.75, 3.05) is 7.05 Å². The third-order valence-corrected chi connectivity index (χ3v) is 1.56. The Morgan fingerprint density at radius 3 is 2.00 bits per heavy atom. The molecule has 0 aromatic heterocycles. The van der Waals surface area contributed by atoms with Gasteiger partial charge in [0.15, 0.2) is 16.3 Å². The van der Waals surface area contributed by atoms with Gasteiger partial charge in [0, 0.05) is 16.8 Å². The highest BCUT2D eigenvalue weighted by atomic mass is 16.4. The van der Waals surface area contributed by atoms with Crippen molar-refractivity contribution in [1.82, 2.24) is 4.70 Å². The molecule has 0 aliphatic carbocycles. The summed E-state index contributed by atoms with van der Waals surface area (Å²) in [5.41, 5.74) is 0.447. The molecule has 0 saturated heterocycles. The fourth-order valence-electron chi connectivity index (χ4n) is 0.820. The van der Waals surface area contributed by atoms with Crippen molar-refractivity contribution in [2.45, 2.75) is 0 Å². The molecule has 0 fully saturated rings. The molecule has 0 aliphatic heterocycles. The number of benzene rings is 1. The molecule has 0 N–H and O–H groups in total. The Balaban J connectivity index is 3.11. The molecule has 1 aromatic rings. The molecule has 0 heterocycles. The highest BCUT2D eigenvalue weighted by Gasteiger charge is 2.28. The molecule has 1 aromatic carbocycles. The van der Waals surface area contributed by atoms with Crippen molar-refractivity contribution in [3.63, 3.8) is 0 Å². The first-order valence-corrected chi connectivity index (χ1v) is 3.35. The first-order valence-electron chi connectivity index (χ1n) is 3.35. The second-order valence-corrected chi connectivity index (χ2v) is 2.41. The lowest BCUT2D eigenvalue weighted by atomic mass is 10.3. The molecule has 0 unspecified atom stereocenters. The third-order valence-electron chi connectivity index (χ3n) is 1.56. The van der Waals surface area contributed by atoms with Crippen molar-refractivity contribution in [3.8, 4) is 0 Å². The molecular formula is C7H8N3O2+. The van der Waals surface area contributed by atoms with Crippen LogP contribution in [0.4, 0.5) is 5.69 Å². The third kappa shape index (κ3) is 1.35. The predicted octanol–water partition coefficient (Wildman–Crippen LogP) is 1.99. The lowest BCUT2D eigenvalue weighted by Gasteiger charge is -2.09. The van der Waals surface area contributed by atoms with E-state index in [9.17, 15) is 9.81 Å². The summed E-state index contributed by atoms with van der Waals surface area (Å²) < 4.78 is -0.832. The zero-order valence-corrected chi connectivity index (χ0v) is 6.54. The molecule has 5 heteroatoms. The van der Waals surface area contributed by atoms with E-state index in [1.54, 1.807) is 30.3 Å². The first kappa shape index (κ1) is 8.48. The number of para-hydroxylation sites is 1. The van der Waals surface area contributed by atoms with Gasteiger partial charge >= 0.3 is 0 Å². The number of quaternary nitrogens is 1. The van der Waals surface area contributed by atoms with E-state index in [2.05, 4.69) is 10.6 Å². The number of nitroso groups, excluding NO2 is 2. The van der Waals surface area contributed by atoms with Crippen molar-refractivity contribution >= 4 is 5.69 Å². The largest absolute Gasteiger partial charge is 0.192 e. The highest BCUT2D eigenvalue weighted by molar-refractivity contribution is 5.39. The van der Waals surface area contributed by atoms with Gasteiger partial charge in [-0.1, -0.05) is 28.0 Å². The standard InChI is InChI=1S/C7H8N3O2/c1-10(8-11,9-12)7-5-3-2-4-6-7/h2-6H,1H3/q+1. The Morgan fingerprint density at radius 1 is 1.08 bits per heavy atom. The maximum absolute atomic E-state index is 10.3. The van der Waals surface area contributed by atoms with Gasteiger partial charge in [-0.15, -0.1) is 0 Å². The van der Waals surface area contributed by atoms with Gasteiger partial charge in [0.05, 0.1) is 0 Å². The SMILES string of the molecule is C[N+](N=O)(N=O)c1ccccc1. The molecule has 0 bridgehead atoms. The fourth-order valence-corrected chi connectivity index (χ4v) is 0.820. The van der Waals surface area contributed by atoms with Crippen LogP contribution in [0, 0.1) is 9.81 Å². The average Bonchev–Trinajstić information content (AvgIpc) is 2.18. The van der Waals surface area contributed by atoms with E-state index in [-0.39, 0.29) is 0 Å². The number of nitrogens with zero attached hydrogens (tertiary/aromatic N) is 3. The minimum Gasteiger partial charge on any atom is -0.0878 e. The molecular weight excluding hydrogens is 158 g/mol. The Kier molecular flexibility index (Phi) is 2.25. The average molecular weight is 166 g/mol. The summed E-state index contributed by atoms with van der Waals surface area (Å²) in [5.74, 6) is 0. The van der Waals surface area contributed by atoms with Crippen molar-refractivity contribution < 1.29 is 0 Å². The summed E-state index contributed by atoms with van der Waals surface area (Å²) in [6.45, 7) is 0. The quantitative estimate of drug-likeness (QED) is 0.391. The number of hydrogen-bond donors (Lipinski definition) is 0. The van der Waals surface area contributed by atoms with Gasteiger partial charge < -0.3 is 0 Å². The van der Waals surface area contributed by atoms with Gasteiger partial charge in [-0.05, 0) is 0 Å². The second kappa shape index (κ2) is 3.19. The Morgan fingerprint density at radius 2 is 1.58 bits per heavy atom. The molecule has 5 nitrogen and oxygen atoms in total. The summed E-state index contributed by atoms with van der Waals surface area (Å²) >= 11 is 0. The van der Waals surface area contributed by atoms with Crippen molar-refractivity contribution in [2.24, 2.45) is 10.6 Å². The van der Waals surface area contributed by atoms with Gasteiger partial charge in [0.1, 0.15) is 7.05 Å². The van der Waals surface area contributed by atoms with Gasteiger partial charge in [0.2, 0.25) is 0 Å². The maximum Gasteiger partial charge on any atom is 0.192 e. The summed E-state index contributed by atoms with van der Waals surface area (Å²) in [5, 5.41) is 5.23. The lowest BCUT2D eigenvalue weighted by Crippen LogP contribution is -2.30. The van der Waals surface area contributed by atoms with Crippen LogP contribution in [-0.2, 0) is 0 Å². The van der Waals surface area contributed by atoms with E-state index in [0.29, 0.717) is 5.69 Å². The summed E-state index contributed by atoms with van der Waals surface area (Å²) in [7, 11) is 1.31. The smallest absolute Gasteiger partial charge is 0.0878 e. The van der Waals surface area contributed by atoms with Gasteiger partial charge in [0.25, 0.3) is 0 Å². The van der Waals surface area contributed by atoms with Crippen molar-refractivity contribution in [3.05, 3.63) is 40.1 Å². The zero-order valence-electron chi connectivity index (χ0n) is 6.54. The van der Waals surface area contributed by atoms with Crippen LogP contribution in [-0.4, -0.2) is 7.05 Å². The van der Waals surface area contributed by atoms with Crippen LogP contribution in [0.1, 0.15) is 0 Å². The molecule has 0 atom stereocenters. The Labute approximate surface area is 69.1 Å². The molecule has 1 rings (SSSR count). The van der Waals surface area contributed by atoms with E-state index in [0.717, 1.165) is 0 Å². The second-order valence-electron chi connectivity index (χ2n) is 2.41. The molecule has 0 saturated carbocycles. The fraction of sp³-hybridized carbons (Fsp3) is 0.143. The van der Waals surface area contributed by atoms with E-state index < -0.39 is 4.70 Å². The number of rotatable bonds is 3. The minimum absolute atomic E-state index is 0.447. The van der Waals surface area contributed by atoms with Gasteiger partial charge in [-0.3, -0.25) is 0 Å². The van der Waals surface area contributed by atoms with Crippen LogP contribution in [0.25, 0.3) is 0 Å². The Bertz CT molecular complexity index is 278. The van der Waals surface area contributed by atoms with E-state index in [1.807, 2.05) is 0 Å². The van der Waals surface area contributed by atoms with E-state index >= 15 is 0 Å². The van der Waals surface area contributed by atoms with Crippen molar-refractivity contribution in [1.29, 1.82) is 0 Å². The topological polar surface area (TPSA) is 58.9 Å². The predicted molar refractivity (Wildman–Crippen MR) is 45.8 cm³/mol. The van der Waals surface area contributed by atoms with E-state index in [1.165, 1.54) is 7.05 Å². The summed E-state index contributed by atoms with van der Waals surface area (Å²) in [4.78, 5) is 20.6. The monoisotopic (exact) mass is 166 g/mol. The van der Waals surface area contributed by atoms with Crippen LogP contribution in [0.15, 0.2) is 40.9 Å². The molecule has 62 valence electrons. The minimum atomic E-state index is -0.832. The van der Waals surface area contributed by atoms with Crippen LogP contribution < -0.4 is 4.70 Å². The zero-order chi connectivity index (χ0) is 9.03. The lowest BCUT2D eigenvalue weighted by molar-refractivity contribution is 0.358. The first-order chi connectivity index (χ1) is 5.73. The highest BCUT2D eigenvalue weighted by Crippen LogP contribution is 2.20. The van der Waals surface area contributed by atoms with Gasteiger partial charge in [-0.2, -0.15) is 0 Å². The van der Waals surface area contributed by atoms with Crippen LogP contribution in [0.5, 0.6) is 0 Å².